The summed E-state index contributed by atoms with van der Waals surface area (Å²) in [6, 6.07) is 0.323. The molecule has 0 spiro atoms. The highest BCUT2D eigenvalue weighted by Gasteiger charge is 2.22. The van der Waals surface area contributed by atoms with Crippen molar-refractivity contribution in [2.75, 3.05) is 6.61 Å². The molecule has 66 valence electrons. The summed E-state index contributed by atoms with van der Waals surface area (Å²) >= 11 is 0. The van der Waals surface area contributed by atoms with Gasteiger partial charge in [-0.05, 0) is 20.3 Å². The molecule has 1 aliphatic rings. The Morgan fingerprint density at radius 1 is 1.50 bits per heavy atom. The average Bonchev–Trinajstić information content (AvgIpc) is 2.61. The SMILES string of the molecule is Cc1n[nH]c(C)c1C1CCON1. The summed E-state index contributed by atoms with van der Waals surface area (Å²) < 4.78 is 0. The molecule has 1 fully saturated rings. The molecule has 0 radical (unpaired) electrons. The second kappa shape index (κ2) is 2.88. The van der Waals surface area contributed by atoms with Crippen LogP contribution in [0.3, 0.4) is 0 Å². The van der Waals surface area contributed by atoms with Crippen LogP contribution in [-0.2, 0) is 4.84 Å². The standard InChI is InChI=1S/C8H13N3O/c1-5-8(6(2)10-9-5)7-3-4-12-11-7/h7,11H,3-4H2,1-2H3,(H,9,10). The van der Waals surface area contributed by atoms with Crippen LogP contribution in [0.5, 0.6) is 0 Å². The number of aromatic amines is 1. The molecule has 2 N–H and O–H groups in total. The Bertz CT molecular complexity index is 256. The molecule has 1 saturated heterocycles. The predicted molar refractivity (Wildman–Crippen MR) is 44.5 cm³/mol. The van der Waals surface area contributed by atoms with Crippen LogP contribution in [0.1, 0.15) is 29.4 Å². The molecule has 1 unspecified atom stereocenters. The second-order valence-corrected chi connectivity index (χ2v) is 3.16. The van der Waals surface area contributed by atoms with Crippen LogP contribution in [0, 0.1) is 13.8 Å². The molecule has 0 bridgehead atoms. The van der Waals surface area contributed by atoms with Gasteiger partial charge in [-0.3, -0.25) is 5.10 Å². The van der Waals surface area contributed by atoms with Gasteiger partial charge in [0.1, 0.15) is 0 Å². The highest BCUT2D eigenvalue weighted by atomic mass is 16.7. The van der Waals surface area contributed by atoms with Crippen LogP contribution in [0.15, 0.2) is 0 Å². The number of nitrogens with one attached hydrogen (secondary N) is 2. The summed E-state index contributed by atoms with van der Waals surface area (Å²) in [7, 11) is 0. The van der Waals surface area contributed by atoms with Crippen LogP contribution < -0.4 is 5.48 Å². The van der Waals surface area contributed by atoms with Crippen LogP contribution in [-0.4, -0.2) is 16.8 Å². The van der Waals surface area contributed by atoms with Gasteiger partial charge >= 0.3 is 0 Å². The summed E-state index contributed by atoms with van der Waals surface area (Å²) in [5, 5.41) is 7.11. The summed E-state index contributed by atoms with van der Waals surface area (Å²) in [5.74, 6) is 0. The van der Waals surface area contributed by atoms with Gasteiger partial charge in [0.15, 0.2) is 0 Å². The van der Waals surface area contributed by atoms with E-state index in [0.717, 1.165) is 24.4 Å². The van der Waals surface area contributed by atoms with Crippen LogP contribution in [0.4, 0.5) is 0 Å². The molecule has 0 aliphatic carbocycles. The molecular formula is C8H13N3O. The van der Waals surface area contributed by atoms with Crippen molar-refractivity contribution in [2.24, 2.45) is 0 Å². The lowest BCUT2D eigenvalue weighted by Crippen LogP contribution is -2.12. The first-order valence-electron chi connectivity index (χ1n) is 4.18. The summed E-state index contributed by atoms with van der Waals surface area (Å²) in [5.41, 5.74) is 6.44. The fourth-order valence-electron chi connectivity index (χ4n) is 1.67. The normalized spacial score (nSPS) is 23.3. The molecule has 4 nitrogen and oxygen atoms in total. The lowest BCUT2D eigenvalue weighted by molar-refractivity contribution is 0.0881. The summed E-state index contributed by atoms with van der Waals surface area (Å²) in [6.07, 6.45) is 1.03. The fraction of sp³-hybridized carbons (Fsp3) is 0.625. The Labute approximate surface area is 71.3 Å². The highest BCUT2D eigenvalue weighted by molar-refractivity contribution is 5.27. The van der Waals surface area contributed by atoms with E-state index in [9.17, 15) is 0 Å². The van der Waals surface area contributed by atoms with Gasteiger partial charge in [-0.1, -0.05) is 0 Å². The van der Waals surface area contributed by atoms with E-state index in [1.54, 1.807) is 0 Å². The third-order valence-electron chi connectivity index (χ3n) is 2.27. The first-order valence-corrected chi connectivity index (χ1v) is 4.18. The van der Waals surface area contributed by atoms with Gasteiger partial charge in [-0.15, -0.1) is 0 Å². The fourth-order valence-corrected chi connectivity index (χ4v) is 1.67. The van der Waals surface area contributed by atoms with Crippen LogP contribution in [0.2, 0.25) is 0 Å². The Kier molecular flexibility index (Phi) is 1.86. The lowest BCUT2D eigenvalue weighted by atomic mass is 10.0. The molecule has 0 aromatic carbocycles. The van der Waals surface area contributed by atoms with Crippen molar-refractivity contribution < 1.29 is 4.84 Å². The van der Waals surface area contributed by atoms with Crippen molar-refractivity contribution in [3.8, 4) is 0 Å². The van der Waals surface area contributed by atoms with E-state index in [1.807, 2.05) is 13.8 Å². The monoisotopic (exact) mass is 167 g/mol. The van der Waals surface area contributed by atoms with E-state index < -0.39 is 0 Å². The minimum atomic E-state index is 0.323. The number of rotatable bonds is 1. The van der Waals surface area contributed by atoms with Gasteiger partial charge in [0, 0.05) is 11.3 Å². The van der Waals surface area contributed by atoms with Crippen molar-refractivity contribution in [3.05, 3.63) is 17.0 Å². The van der Waals surface area contributed by atoms with Crippen molar-refractivity contribution in [1.29, 1.82) is 0 Å². The molecule has 1 aromatic rings. The minimum absolute atomic E-state index is 0.323. The van der Waals surface area contributed by atoms with E-state index in [1.165, 1.54) is 5.56 Å². The number of H-pyrrole nitrogens is 1. The maximum Gasteiger partial charge on any atom is 0.0701 e. The molecule has 12 heavy (non-hydrogen) atoms. The van der Waals surface area contributed by atoms with Crippen LogP contribution in [0.25, 0.3) is 0 Å². The largest absolute Gasteiger partial charge is 0.301 e. The minimum Gasteiger partial charge on any atom is -0.301 e. The number of nitrogens with zero attached hydrogens (tertiary/aromatic N) is 1. The molecule has 2 heterocycles. The van der Waals surface area contributed by atoms with E-state index in [4.69, 9.17) is 4.84 Å². The van der Waals surface area contributed by atoms with E-state index in [0.29, 0.717) is 6.04 Å². The lowest BCUT2D eigenvalue weighted by Gasteiger charge is -2.07. The smallest absolute Gasteiger partial charge is 0.0701 e. The molecule has 0 amide bonds. The Morgan fingerprint density at radius 3 is 2.83 bits per heavy atom. The maximum atomic E-state index is 5.10. The summed E-state index contributed by atoms with van der Waals surface area (Å²) in [6.45, 7) is 4.84. The number of aromatic nitrogens is 2. The highest BCUT2D eigenvalue weighted by Crippen LogP contribution is 2.25. The number of hydroxylamine groups is 1. The molecule has 1 aliphatic heterocycles. The zero-order valence-electron chi connectivity index (χ0n) is 7.35. The molecule has 0 saturated carbocycles. The Hall–Kier alpha value is -0.870. The zero-order chi connectivity index (χ0) is 8.55. The average molecular weight is 167 g/mol. The predicted octanol–water partition coefficient (Wildman–Crippen LogP) is 0.993. The van der Waals surface area contributed by atoms with Gasteiger partial charge in [0.05, 0.1) is 18.3 Å². The molecule has 1 atom stereocenters. The van der Waals surface area contributed by atoms with E-state index in [-0.39, 0.29) is 0 Å². The van der Waals surface area contributed by atoms with Crippen molar-refractivity contribution in [1.82, 2.24) is 15.7 Å². The van der Waals surface area contributed by atoms with Gasteiger partial charge < -0.3 is 4.84 Å². The van der Waals surface area contributed by atoms with E-state index >= 15 is 0 Å². The van der Waals surface area contributed by atoms with Crippen molar-refractivity contribution >= 4 is 0 Å². The molecule has 1 aromatic heterocycles. The van der Waals surface area contributed by atoms with Crippen LogP contribution >= 0.6 is 0 Å². The maximum absolute atomic E-state index is 5.10. The summed E-state index contributed by atoms with van der Waals surface area (Å²) in [4.78, 5) is 5.10. The third kappa shape index (κ3) is 1.13. The molecule has 4 heteroatoms. The second-order valence-electron chi connectivity index (χ2n) is 3.16. The van der Waals surface area contributed by atoms with Crippen molar-refractivity contribution in [3.63, 3.8) is 0 Å². The first-order chi connectivity index (χ1) is 5.79. The third-order valence-corrected chi connectivity index (χ3v) is 2.27. The zero-order valence-corrected chi connectivity index (χ0v) is 7.35. The molecular weight excluding hydrogens is 154 g/mol. The quantitative estimate of drug-likeness (QED) is 0.655. The van der Waals surface area contributed by atoms with Gasteiger partial charge in [0.2, 0.25) is 0 Å². The van der Waals surface area contributed by atoms with Gasteiger partial charge in [-0.25, -0.2) is 0 Å². The Balaban J connectivity index is 2.30. The molecule has 2 rings (SSSR count). The topological polar surface area (TPSA) is 49.9 Å². The number of hydrogen-bond donors (Lipinski definition) is 2. The Morgan fingerprint density at radius 2 is 2.33 bits per heavy atom. The van der Waals surface area contributed by atoms with E-state index in [2.05, 4.69) is 15.7 Å². The number of hydrogen-bond acceptors (Lipinski definition) is 3. The van der Waals surface area contributed by atoms with Gasteiger partial charge in [0.25, 0.3) is 0 Å². The number of aryl methyl sites for hydroxylation is 2. The van der Waals surface area contributed by atoms with Crippen molar-refractivity contribution in [2.45, 2.75) is 26.3 Å². The first kappa shape index (κ1) is 7.76. The van der Waals surface area contributed by atoms with Gasteiger partial charge in [-0.2, -0.15) is 10.6 Å².